The summed E-state index contributed by atoms with van der Waals surface area (Å²) in [7, 11) is 0. The average molecular weight is 280 g/mol. The molecular formula is C14H15ClFN3. The van der Waals surface area contributed by atoms with Gasteiger partial charge in [0.25, 0.3) is 0 Å². The molecule has 1 aromatic carbocycles. The molecule has 0 aliphatic rings. The Balaban J connectivity index is 2.17. The Morgan fingerprint density at radius 2 is 1.79 bits per heavy atom. The molecule has 19 heavy (non-hydrogen) atoms. The Labute approximate surface area is 116 Å². The van der Waals surface area contributed by atoms with Crippen LogP contribution in [0.4, 0.5) is 10.2 Å². The maximum atomic E-state index is 13.5. The lowest BCUT2D eigenvalue weighted by atomic mass is 10.1. The normalized spacial score (nSPS) is 10.6. The first-order valence-electron chi connectivity index (χ1n) is 5.96. The number of anilines is 1. The lowest BCUT2D eigenvalue weighted by molar-refractivity contribution is 0.608. The number of nitrogens with zero attached hydrogens (tertiary/aromatic N) is 2. The number of aromatic nitrogens is 2. The van der Waals surface area contributed by atoms with E-state index in [-0.39, 0.29) is 11.1 Å². The van der Waals surface area contributed by atoms with E-state index in [0.29, 0.717) is 23.5 Å². The van der Waals surface area contributed by atoms with Crippen molar-refractivity contribution in [3.63, 3.8) is 0 Å². The molecule has 0 radical (unpaired) electrons. The molecule has 0 fully saturated rings. The summed E-state index contributed by atoms with van der Waals surface area (Å²) in [5.41, 5.74) is 3.22. The average Bonchev–Trinajstić information content (AvgIpc) is 2.37. The van der Waals surface area contributed by atoms with Crippen molar-refractivity contribution in [1.29, 1.82) is 0 Å². The van der Waals surface area contributed by atoms with E-state index in [9.17, 15) is 4.39 Å². The Morgan fingerprint density at radius 3 is 2.42 bits per heavy atom. The van der Waals surface area contributed by atoms with E-state index in [2.05, 4.69) is 15.3 Å². The molecule has 0 spiro atoms. The predicted octanol–water partition coefficient (Wildman–Crippen LogP) is 3.81. The summed E-state index contributed by atoms with van der Waals surface area (Å²) in [6.07, 6.45) is 1.67. The second-order valence-corrected chi connectivity index (χ2v) is 4.91. The molecule has 0 bridgehead atoms. The molecule has 1 heterocycles. The smallest absolute Gasteiger partial charge is 0.224 e. The zero-order valence-corrected chi connectivity index (χ0v) is 11.8. The van der Waals surface area contributed by atoms with Crippen molar-refractivity contribution < 1.29 is 4.39 Å². The highest BCUT2D eigenvalue weighted by molar-refractivity contribution is 6.28. The second kappa shape index (κ2) is 5.53. The van der Waals surface area contributed by atoms with Crippen molar-refractivity contribution in [1.82, 2.24) is 9.97 Å². The molecule has 3 nitrogen and oxygen atoms in total. The molecule has 0 saturated heterocycles. The number of aryl methyl sites for hydroxylation is 3. The van der Waals surface area contributed by atoms with Crippen LogP contribution in [-0.2, 0) is 6.54 Å². The largest absolute Gasteiger partial charge is 0.366 e. The fraction of sp³-hybridized carbons (Fsp3) is 0.286. The molecule has 0 aliphatic carbocycles. The van der Waals surface area contributed by atoms with Crippen LogP contribution in [-0.4, -0.2) is 9.97 Å². The molecular weight excluding hydrogens is 265 g/mol. The van der Waals surface area contributed by atoms with Gasteiger partial charge in [0.2, 0.25) is 5.28 Å². The van der Waals surface area contributed by atoms with Crippen LogP contribution < -0.4 is 5.32 Å². The van der Waals surface area contributed by atoms with Crippen LogP contribution >= 0.6 is 11.6 Å². The van der Waals surface area contributed by atoms with Gasteiger partial charge in [-0.25, -0.2) is 14.4 Å². The highest BCUT2D eigenvalue weighted by Gasteiger charge is 2.06. The molecule has 2 rings (SSSR count). The molecule has 5 heteroatoms. The highest BCUT2D eigenvalue weighted by Crippen LogP contribution is 2.17. The first kappa shape index (κ1) is 13.7. The van der Waals surface area contributed by atoms with E-state index < -0.39 is 0 Å². The van der Waals surface area contributed by atoms with Crippen LogP contribution in [0, 0.1) is 26.6 Å². The molecule has 0 unspecified atom stereocenters. The molecule has 1 N–H and O–H groups in total. The van der Waals surface area contributed by atoms with Gasteiger partial charge in [0.1, 0.15) is 11.6 Å². The molecule has 0 amide bonds. The van der Waals surface area contributed by atoms with Crippen LogP contribution in [0.25, 0.3) is 0 Å². The van der Waals surface area contributed by atoms with Gasteiger partial charge in [-0.05, 0) is 49.1 Å². The fourth-order valence-corrected chi connectivity index (χ4v) is 2.06. The molecule has 1 aromatic heterocycles. The van der Waals surface area contributed by atoms with Crippen molar-refractivity contribution in [2.75, 3.05) is 5.32 Å². The second-order valence-electron chi connectivity index (χ2n) is 4.57. The van der Waals surface area contributed by atoms with Gasteiger partial charge < -0.3 is 5.32 Å². The van der Waals surface area contributed by atoms with Gasteiger partial charge >= 0.3 is 0 Å². The summed E-state index contributed by atoms with van der Waals surface area (Å²) >= 11 is 5.76. The zero-order valence-electron chi connectivity index (χ0n) is 11.1. The Hall–Kier alpha value is -1.68. The van der Waals surface area contributed by atoms with Crippen molar-refractivity contribution in [2.24, 2.45) is 0 Å². The van der Waals surface area contributed by atoms with Crippen molar-refractivity contribution >= 4 is 17.4 Å². The standard InChI is InChI=1S/C14H15ClFN3/c1-8-4-11(5-9(2)12(8)16)7-17-13-10(3)6-18-14(15)19-13/h4-6H,7H2,1-3H3,(H,17,18,19). The molecule has 0 aliphatic heterocycles. The zero-order chi connectivity index (χ0) is 14.0. The number of benzene rings is 1. The van der Waals surface area contributed by atoms with E-state index in [1.165, 1.54) is 0 Å². The van der Waals surface area contributed by atoms with Crippen molar-refractivity contribution in [3.8, 4) is 0 Å². The van der Waals surface area contributed by atoms with E-state index in [1.54, 1.807) is 20.0 Å². The summed E-state index contributed by atoms with van der Waals surface area (Å²) in [4.78, 5) is 8.02. The molecule has 0 atom stereocenters. The van der Waals surface area contributed by atoms with Gasteiger partial charge in [0.15, 0.2) is 0 Å². The topological polar surface area (TPSA) is 37.8 Å². The number of rotatable bonds is 3. The van der Waals surface area contributed by atoms with E-state index in [1.807, 2.05) is 19.1 Å². The lowest BCUT2D eigenvalue weighted by Gasteiger charge is -2.10. The summed E-state index contributed by atoms with van der Waals surface area (Å²) < 4.78 is 13.5. The third-order valence-electron chi connectivity index (χ3n) is 2.90. The van der Waals surface area contributed by atoms with Crippen LogP contribution in [0.15, 0.2) is 18.3 Å². The predicted molar refractivity (Wildman–Crippen MR) is 75.0 cm³/mol. The Bertz CT molecular complexity index is 591. The lowest BCUT2D eigenvalue weighted by Crippen LogP contribution is -2.05. The van der Waals surface area contributed by atoms with Crippen molar-refractivity contribution in [3.05, 3.63) is 51.7 Å². The number of nitrogens with one attached hydrogen (secondary N) is 1. The summed E-state index contributed by atoms with van der Waals surface area (Å²) in [5, 5.41) is 3.39. The SMILES string of the molecule is Cc1cnc(Cl)nc1NCc1cc(C)c(F)c(C)c1. The monoisotopic (exact) mass is 279 g/mol. The van der Waals surface area contributed by atoms with Crippen LogP contribution in [0.3, 0.4) is 0 Å². The van der Waals surface area contributed by atoms with Gasteiger partial charge in [-0.3, -0.25) is 0 Å². The van der Waals surface area contributed by atoms with E-state index in [4.69, 9.17) is 11.6 Å². The molecule has 2 aromatic rings. The minimum atomic E-state index is -0.148. The van der Waals surface area contributed by atoms with Gasteiger partial charge in [0, 0.05) is 18.3 Å². The van der Waals surface area contributed by atoms with Gasteiger partial charge in [0.05, 0.1) is 0 Å². The summed E-state index contributed by atoms with van der Waals surface area (Å²) in [6.45, 7) is 5.99. The maximum Gasteiger partial charge on any atom is 0.224 e. The van der Waals surface area contributed by atoms with Gasteiger partial charge in [-0.15, -0.1) is 0 Å². The van der Waals surface area contributed by atoms with Crippen LogP contribution in [0.5, 0.6) is 0 Å². The maximum absolute atomic E-state index is 13.5. The Morgan fingerprint density at radius 1 is 1.16 bits per heavy atom. The van der Waals surface area contributed by atoms with E-state index >= 15 is 0 Å². The summed E-state index contributed by atoms with van der Waals surface area (Å²) in [5.74, 6) is 0.546. The first-order valence-corrected chi connectivity index (χ1v) is 6.34. The van der Waals surface area contributed by atoms with Crippen LogP contribution in [0.2, 0.25) is 5.28 Å². The minimum absolute atomic E-state index is 0.148. The first-order chi connectivity index (χ1) is 8.97. The highest BCUT2D eigenvalue weighted by atomic mass is 35.5. The van der Waals surface area contributed by atoms with E-state index in [0.717, 1.165) is 11.1 Å². The molecule has 0 saturated carbocycles. The number of halogens is 2. The Kier molecular flexibility index (Phi) is 4.00. The summed E-state index contributed by atoms with van der Waals surface area (Å²) in [6, 6.07) is 3.65. The quantitative estimate of drug-likeness (QED) is 0.868. The number of hydrogen-bond acceptors (Lipinski definition) is 3. The van der Waals surface area contributed by atoms with Crippen molar-refractivity contribution in [2.45, 2.75) is 27.3 Å². The number of hydrogen-bond donors (Lipinski definition) is 1. The third kappa shape index (κ3) is 3.20. The van der Waals surface area contributed by atoms with Gasteiger partial charge in [-0.1, -0.05) is 12.1 Å². The third-order valence-corrected chi connectivity index (χ3v) is 3.08. The minimum Gasteiger partial charge on any atom is -0.366 e. The fourth-order valence-electron chi connectivity index (χ4n) is 1.92. The van der Waals surface area contributed by atoms with Crippen LogP contribution in [0.1, 0.15) is 22.3 Å². The van der Waals surface area contributed by atoms with Gasteiger partial charge in [-0.2, -0.15) is 0 Å². The molecule has 100 valence electrons.